The number of ether oxygens (including phenoxy) is 3. The third-order valence-electron chi connectivity index (χ3n) is 6.74. The van der Waals surface area contributed by atoms with Gasteiger partial charge in [-0.3, -0.25) is 9.59 Å². The Labute approximate surface area is 229 Å². The molecule has 1 amide bonds. The molecule has 1 saturated heterocycles. The molecule has 3 aromatic rings. The summed E-state index contributed by atoms with van der Waals surface area (Å²) in [7, 11) is 3.18. The standard InChI is InChI=1S/C32H35NO6/c1-19(2)26-17-23(11-16-27(26)38-6)30(34)28-29(22-9-14-25(15-10-22)39-20(3)4)33(32(36)31(28)35)18-21-7-12-24(37-5)13-8-21/h7-17,19-20,29,34H,18H2,1-6H3/b30-28-. The van der Waals surface area contributed by atoms with Crippen LogP contribution >= 0.6 is 0 Å². The summed E-state index contributed by atoms with van der Waals surface area (Å²) in [6.07, 6.45) is 0.00165. The van der Waals surface area contributed by atoms with Crippen molar-refractivity contribution in [1.29, 1.82) is 0 Å². The summed E-state index contributed by atoms with van der Waals surface area (Å²) in [5.41, 5.74) is 2.91. The van der Waals surface area contributed by atoms with Crippen LogP contribution in [0.2, 0.25) is 0 Å². The lowest BCUT2D eigenvalue weighted by atomic mass is 9.93. The second kappa shape index (κ2) is 11.6. The van der Waals surface area contributed by atoms with Gasteiger partial charge in [-0.25, -0.2) is 0 Å². The summed E-state index contributed by atoms with van der Waals surface area (Å²) in [6, 6.07) is 19.1. The van der Waals surface area contributed by atoms with E-state index < -0.39 is 17.7 Å². The fourth-order valence-corrected chi connectivity index (χ4v) is 4.81. The van der Waals surface area contributed by atoms with Crippen molar-refractivity contribution >= 4 is 17.4 Å². The minimum atomic E-state index is -0.787. The van der Waals surface area contributed by atoms with Crippen molar-refractivity contribution in [2.75, 3.05) is 14.2 Å². The number of hydrogen-bond acceptors (Lipinski definition) is 6. The first-order valence-electron chi connectivity index (χ1n) is 13.0. The van der Waals surface area contributed by atoms with Gasteiger partial charge in [-0.05, 0) is 78.9 Å². The average molecular weight is 530 g/mol. The molecular weight excluding hydrogens is 494 g/mol. The molecule has 1 unspecified atom stereocenters. The second-order valence-corrected chi connectivity index (χ2v) is 10.1. The lowest BCUT2D eigenvalue weighted by Crippen LogP contribution is -2.29. The number of ketones is 1. The van der Waals surface area contributed by atoms with Crippen LogP contribution in [0, 0.1) is 0 Å². The first kappa shape index (κ1) is 27.8. The van der Waals surface area contributed by atoms with Crippen LogP contribution in [0.3, 0.4) is 0 Å². The van der Waals surface area contributed by atoms with Gasteiger partial charge in [0, 0.05) is 12.1 Å². The predicted molar refractivity (Wildman–Crippen MR) is 150 cm³/mol. The van der Waals surface area contributed by atoms with E-state index in [0.29, 0.717) is 28.4 Å². The molecule has 4 rings (SSSR count). The number of aliphatic hydroxyl groups is 1. The van der Waals surface area contributed by atoms with Gasteiger partial charge in [0.15, 0.2) is 0 Å². The normalized spacial score (nSPS) is 16.7. The molecule has 3 aromatic carbocycles. The van der Waals surface area contributed by atoms with Crippen LogP contribution in [0.5, 0.6) is 17.2 Å². The zero-order chi connectivity index (χ0) is 28.3. The van der Waals surface area contributed by atoms with Crippen molar-refractivity contribution in [2.45, 2.75) is 52.3 Å². The number of rotatable bonds is 9. The van der Waals surface area contributed by atoms with Gasteiger partial charge in [0.05, 0.1) is 31.9 Å². The molecule has 204 valence electrons. The van der Waals surface area contributed by atoms with Gasteiger partial charge in [0.1, 0.15) is 23.0 Å². The molecular formula is C32H35NO6. The van der Waals surface area contributed by atoms with Crippen molar-refractivity contribution in [2.24, 2.45) is 0 Å². The lowest BCUT2D eigenvalue weighted by molar-refractivity contribution is -0.140. The number of hydrogen-bond donors (Lipinski definition) is 1. The van der Waals surface area contributed by atoms with Gasteiger partial charge >= 0.3 is 0 Å². The highest BCUT2D eigenvalue weighted by Gasteiger charge is 2.46. The Morgan fingerprint density at radius 3 is 2.08 bits per heavy atom. The number of carbonyl (C=O) groups is 2. The van der Waals surface area contributed by atoms with Gasteiger partial charge < -0.3 is 24.2 Å². The van der Waals surface area contributed by atoms with Crippen LogP contribution in [0.15, 0.2) is 72.3 Å². The SMILES string of the molecule is COc1ccc(CN2C(=O)C(=O)/C(=C(\O)c3ccc(OC)c(C(C)C)c3)C2c2ccc(OC(C)C)cc2)cc1. The van der Waals surface area contributed by atoms with Crippen LogP contribution in [0.1, 0.15) is 61.9 Å². The molecule has 1 N–H and O–H groups in total. The highest BCUT2D eigenvalue weighted by Crippen LogP contribution is 2.41. The molecule has 7 heteroatoms. The van der Waals surface area contributed by atoms with Crippen LogP contribution in [-0.2, 0) is 16.1 Å². The summed E-state index contributed by atoms with van der Waals surface area (Å²) in [5, 5.41) is 11.5. The van der Waals surface area contributed by atoms with Crippen molar-refractivity contribution in [3.63, 3.8) is 0 Å². The van der Waals surface area contributed by atoms with E-state index in [-0.39, 0.29) is 29.9 Å². The molecule has 0 spiro atoms. The highest BCUT2D eigenvalue weighted by atomic mass is 16.5. The zero-order valence-electron chi connectivity index (χ0n) is 23.2. The predicted octanol–water partition coefficient (Wildman–Crippen LogP) is 6.24. The van der Waals surface area contributed by atoms with E-state index in [9.17, 15) is 14.7 Å². The van der Waals surface area contributed by atoms with E-state index in [2.05, 4.69) is 0 Å². The maximum atomic E-state index is 13.5. The van der Waals surface area contributed by atoms with Gasteiger partial charge in [-0.1, -0.05) is 38.1 Å². The second-order valence-electron chi connectivity index (χ2n) is 10.1. The topological polar surface area (TPSA) is 85.3 Å². The Hall–Kier alpha value is -4.26. The average Bonchev–Trinajstić information content (AvgIpc) is 3.17. The number of likely N-dealkylation sites (tertiary alicyclic amines) is 1. The maximum Gasteiger partial charge on any atom is 0.295 e. The molecule has 0 saturated carbocycles. The van der Waals surface area contributed by atoms with Crippen LogP contribution in [0.4, 0.5) is 0 Å². The van der Waals surface area contributed by atoms with E-state index in [0.717, 1.165) is 11.1 Å². The lowest BCUT2D eigenvalue weighted by Gasteiger charge is -2.26. The number of aliphatic hydroxyl groups excluding tert-OH is 1. The summed E-state index contributed by atoms with van der Waals surface area (Å²) in [4.78, 5) is 28.4. The third kappa shape index (κ3) is 5.77. The molecule has 1 fully saturated rings. The first-order valence-corrected chi connectivity index (χ1v) is 13.0. The van der Waals surface area contributed by atoms with Crippen molar-refractivity contribution in [3.8, 4) is 17.2 Å². The quantitative estimate of drug-likeness (QED) is 0.201. The molecule has 1 heterocycles. The van der Waals surface area contributed by atoms with E-state index >= 15 is 0 Å². The summed E-state index contributed by atoms with van der Waals surface area (Å²) < 4.78 is 16.5. The van der Waals surface area contributed by atoms with Gasteiger partial charge in [-0.15, -0.1) is 0 Å². The minimum Gasteiger partial charge on any atom is -0.507 e. The van der Waals surface area contributed by atoms with Gasteiger partial charge in [0.2, 0.25) is 0 Å². The van der Waals surface area contributed by atoms with E-state index in [1.165, 1.54) is 4.90 Å². The summed E-state index contributed by atoms with van der Waals surface area (Å²) in [6.45, 7) is 8.11. The Kier molecular flexibility index (Phi) is 8.29. The largest absolute Gasteiger partial charge is 0.507 e. The van der Waals surface area contributed by atoms with E-state index in [1.807, 2.05) is 82.3 Å². The highest BCUT2D eigenvalue weighted by molar-refractivity contribution is 6.46. The van der Waals surface area contributed by atoms with Gasteiger partial charge in [0.25, 0.3) is 11.7 Å². The van der Waals surface area contributed by atoms with Crippen LogP contribution in [-0.4, -0.2) is 42.0 Å². The van der Waals surface area contributed by atoms with Crippen molar-refractivity contribution in [3.05, 3.63) is 94.6 Å². The Bertz CT molecular complexity index is 1370. The number of benzene rings is 3. The van der Waals surface area contributed by atoms with Crippen molar-refractivity contribution < 1.29 is 28.9 Å². The Morgan fingerprint density at radius 2 is 1.51 bits per heavy atom. The molecule has 7 nitrogen and oxygen atoms in total. The Balaban J connectivity index is 1.83. The number of methoxy groups -OCH3 is 2. The number of nitrogens with zero attached hydrogens (tertiary/aromatic N) is 1. The first-order chi connectivity index (χ1) is 18.6. The summed E-state index contributed by atoms with van der Waals surface area (Å²) in [5.74, 6) is 0.569. The molecule has 1 aliphatic rings. The number of amides is 1. The minimum absolute atomic E-state index is 0.00165. The molecule has 0 radical (unpaired) electrons. The van der Waals surface area contributed by atoms with Crippen molar-refractivity contribution in [1.82, 2.24) is 4.90 Å². The monoisotopic (exact) mass is 529 g/mol. The molecule has 39 heavy (non-hydrogen) atoms. The molecule has 0 aliphatic carbocycles. The maximum absolute atomic E-state index is 13.5. The molecule has 0 bridgehead atoms. The van der Waals surface area contributed by atoms with Crippen LogP contribution in [0.25, 0.3) is 5.76 Å². The van der Waals surface area contributed by atoms with E-state index in [1.54, 1.807) is 26.4 Å². The molecule has 1 aliphatic heterocycles. The number of carbonyl (C=O) groups excluding carboxylic acids is 2. The smallest absolute Gasteiger partial charge is 0.295 e. The molecule has 1 atom stereocenters. The number of Topliss-reactive ketones (excluding diaryl/α,β-unsaturated/α-hetero) is 1. The van der Waals surface area contributed by atoms with Gasteiger partial charge in [-0.2, -0.15) is 0 Å². The fourth-order valence-electron chi connectivity index (χ4n) is 4.81. The third-order valence-corrected chi connectivity index (χ3v) is 6.74. The zero-order valence-corrected chi connectivity index (χ0v) is 23.2. The molecule has 0 aromatic heterocycles. The van der Waals surface area contributed by atoms with E-state index in [4.69, 9.17) is 14.2 Å². The van der Waals surface area contributed by atoms with Crippen LogP contribution < -0.4 is 14.2 Å². The fraction of sp³-hybridized carbons (Fsp3) is 0.312. The summed E-state index contributed by atoms with van der Waals surface area (Å²) >= 11 is 0. The Morgan fingerprint density at radius 1 is 0.872 bits per heavy atom.